The van der Waals surface area contributed by atoms with E-state index in [1.165, 1.54) is 5.56 Å². The van der Waals surface area contributed by atoms with Crippen molar-refractivity contribution in [3.63, 3.8) is 0 Å². The Hall–Kier alpha value is -1.11. The zero-order valence-electron chi connectivity index (χ0n) is 12.6. The van der Waals surface area contributed by atoms with E-state index in [0.29, 0.717) is 6.61 Å². The SMILES string of the molecule is COCCNCc1c(C)nn(C)c1N(C)C(C)CO. The monoisotopic (exact) mass is 270 g/mol. The van der Waals surface area contributed by atoms with Crippen molar-refractivity contribution in [1.29, 1.82) is 0 Å². The van der Waals surface area contributed by atoms with Crippen LogP contribution in [0.5, 0.6) is 0 Å². The zero-order valence-corrected chi connectivity index (χ0v) is 12.6. The highest BCUT2D eigenvalue weighted by molar-refractivity contribution is 5.50. The molecule has 1 unspecified atom stereocenters. The van der Waals surface area contributed by atoms with Crippen molar-refractivity contribution >= 4 is 5.82 Å². The van der Waals surface area contributed by atoms with Crippen LogP contribution in [-0.2, 0) is 18.3 Å². The van der Waals surface area contributed by atoms with Gasteiger partial charge in [-0.15, -0.1) is 0 Å². The number of aryl methyl sites for hydroxylation is 2. The average molecular weight is 270 g/mol. The Kier molecular flexibility index (Phi) is 6.27. The third-order valence-electron chi connectivity index (χ3n) is 3.36. The van der Waals surface area contributed by atoms with Gasteiger partial charge in [0.2, 0.25) is 0 Å². The molecule has 1 rings (SSSR count). The summed E-state index contributed by atoms with van der Waals surface area (Å²) >= 11 is 0. The number of aliphatic hydroxyl groups excluding tert-OH is 1. The lowest BCUT2D eigenvalue weighted by molar-refractivity contribution is 0.199. The molecule has 2 N–H and O–H groups in total. The summed E-state index contributed by atoms with van der Waals surface area (Å²) in [6.07, 6.45) is 0. The highest BCUT2D eigenvalue weighted by atomic mass is 16.5. The first kappa shape index (κ1) is 15.9. The number of ether oxygens (including phenoxy) is 1. The fourth-order valence-electron chi connectivity index (χ4n) is 2.06. The van der Waals surface area contributed by atoms with Crippen LogP contribution in [-0.4, -0.2) is 54.8 Å². The Balaban J connectivity index is 2.84. The third-order valence-corrected chi connectivity index (χ3v) is 3.36. The average Bonchev–Trinajstić information content (AvgIpc) is 2.67. The molecular formula is C13H26N4O2. The third kappa shape index (κ3) is 3.92. The second-order valence-electron chi connectivity index (χ2n) is 4.82. The zero-order chi connectivity index (χ0) is 14.4. The highest BCUT2D eigenvalue weighted by Crippen LogP contribution is 2.23. The number of hydrogen-bond acceptors (Lipinski definition) is 5. The van der Waals surface area contributed by atoms with Gasteiger partial charge < -0.3 is 20.1 Å². The van der Waals surface area contributed by atoms with Crippen molar-refractivity contribution < 1.29 is 9.84 Å². The van der Waals surface area contributed by atoms with Gasteiger partial charge in [0.1, 0.15) is 5.82 Å². The van der Waals surface area contributed by atoms with Crippen molar-refractivity contribution in [2.45, 2.75) is 26.4 Å². The number of rotatable bonds is 8. The maximum atomic E-state index is 9.30. The summed E-state index contributed by atoms with van der Waals surface area (Å²) in [5, 5.41) is 17.1. The molecule has 0 saturated heterocycles. The molecule has 0 bridgehead atoms. The molecule has 6 heteroatoms. The van der Waals surface area contributed by atoms with Gasteiger partial charge in [0.15, 0.2) is 0 Å². The van der Waals surface area contributed by atoms with E-state index in [9.17, 15) is 5.11 Å². The molecule has 1 aromatic rings. The van der Waals surface area contributed by atoms with E-state index < -0.39 is 0 Å². The molecule has 1 atom stereocenters. The van der Waals surface area contributed by atoms with Crippen LogP contribution >= 0.6 is 0 Å². The Morgan fingerprint density at radius 3 is 2.79 bits per heavy atom. The van der Waals surface area contributed by atoms with Gasteiger partial charge in [0.25, 0.3) is 0 Å². The molecule has 110 valence electrons. The lowest BCUT2D eigenvalue weighted by Crippen LogP contribution is -2.34. The minimum absolute atomic E-state index is 0.0625. The van der Waals surface area contributed by atoms with Crippen molar-refractivity contribution in [3.05, 3.63) is 11.3 Å². The summed E-state index contributed by atoms with van der Waals surface area (Å²) in [4.78, 5) is 2.06. The van der Waals surface area contributed by atoms with Crippen LogP contribution in [0.1, 0.15) is 18.2 Å². The van der Waals surface area contributed by atoms with E-state index >= 15 is 0 Å². The van der Waals surface area contributed by atoms with Crippen molar-refractivity contribution in [3.8, 4) is 0 Å². The maximum absolute atomic E-state index is 9.30. The molecule has 19 heavy (non-hydrogen) atoms. The van der Waals surface area contributed by atoms with Crippen molar-refractivity contribution in [2.75, 3.05) is 38.8 Å². The summed E-state index contributed by atoms with van der Waals surface area (Å²) in [7, 11) is 5.61. The van der Waals surface area contributed by atoms with Gasteiger partial charge >= 0.3 is 0 Å². The summed E-state index contributed by atoms with van der Waals surface area (Å²) < 4.78 is 6.89. The first-order valence-corrected chi connectivity index (χ1v) is 6.58. The summed E-state index contributed by atoms with van der Waals surface area (Å²) in [6, 6.07) is 0.0625. The predicted octanol–water partition coefficient (Wildman–Crippen LogP) is 0.282. The van der Waals surface area contributed by atoms with Gasteiger partial charge in [-0.2, -0.15) is 5.10 Å². The van der Waals surface area contributed by atoms with Crippen LogP contribution < -0.4 is 10.2 Å². The predicted molar refractivity (Wildman–Crippen MR) is 76.5 cm³/mol. The van der Waals surface area contributed by atoms with Crippen LogP contribution in [0.2, 0.25) is 0 Å². The molecule has 0 aliphatic heterocycles. The van der Waals surface area contributed by atoms with E-state index in [1.807, 2.05) is 32.6 Å². The summed E-state index contributed by atoms with van der Waals surface area (Å²) in [5.41, 5.74) is 2.18. The molecule has 6 nitrogen and oxygen atoms in total. The molecule has 1 aromatic heterocycles. The molecule has 0 fully saturated rings. The van der Waals surface area contributed by atoms with Gasteiger partial charge in [0, 0.05) is 39.9 Å². The minimum atomic E-state index is 0.0625. The van der Waals surface area contributed by atoms with Gasteiger partial charge in [0.05, 0.1) is 24.9 Å². The molecule has 0 spiro atoms. The van der Waals surface area contributed by atoms with E-state index in [1.54, 1.807) is 7.11 Å². The number of aliphatic hydroxyl groups is 1. The lowest BCUT2D eigenvalue weighted by atomic mass is 10.2. The van der Waals surface area contributed by atoms with E-state index in [-0.39, 0.29) is 12.6 Å². The molecule has 0 aliphatic rings. The topological polar surface area (TPSA) is 62.5 Å². The van der Waals surface area contributed by atoms with E-state index in [4.69, 9.17) is 4.74 Å². The molecule has 0 amide bonds. The normalized spacial score (nSPS) is 12.7. The quantitative estimate of drug-likeness (QED) is 0.665. The number of methoxy groups -OCH3 is 1. The highest BCUT2D eigenvalue weighted by Gasteiger charge is 2.19. The molecule has 1 heterocycles. The van der Waals surface area contributed by atoms with Gasteiger partial charge in [-0.3, -0.25) is 4.68 Å². The number of nitrogens with zero attached hydrogens (tertiary/aromatic N) is 3. The smallest absolute Gasteiger partial charge is 0.131 e. The first-order chi connectivity index (χ1) is 9.02. The standard InChI is InChI=1S/C13H26N4O2/c1-10(9-18)16(3)13-12(8-14-6-7-19-5)11(2)15-17(13)4/h10,14,18H,6-9H2,1-5H3. The number of nitrogens with one attached hydrogen (secondary N) is 1. The molecular weight excluding hydrogens is 244 g/mol. The van der Waals surface area contributed by atoms with E-state index in [0.717, 1.165) is 24.6 Å². The Bertz CT molecular complexity index is 392. The number of aromatic nitrogens is 2. The fraction of sp³-hybridized carbons (Fsp3) is 0.769. The largest absolute Gasteiger partial charge is 0.394 e. The number of anilines is 1. The minimum Gasteiger partial charge on any atom is -0.394 e. The van der Waals surface area contributed by atoms with Crippen LogP contribution in [0.25, 0.3) is 0 Å². The van der Waals surface area contributed by atoms with Crippen LogP contribution in [0.15, 0.2) is 0 Å². The second kappa shape index (κ2) is 7.47. The van der Waals surface area contributed by atoms with Crippen molar-refractivity contribution in [2.24, 2.45) is 7.05 Å². The second-order valence-corrected chi connectivity index (χ2v) is 4.82. The Morgan fingerprint density at radius 1 is 1.53 bits per heavy atom. The Labute approximate surface area is 115 Å². The van der Waals surface area contributed by atoms with Crippen LogP contribution in [0.4, 0.5) is 5.82 Å². The maximum Gasteiger partial charge on any atom is 0.131 e. The van der Waals surface area contributed by atoms with Crippen molar-refractivity contribution in [1.82, 2.24) is 15.1 Å². The molecule has 0 saturated carbocycles. The fourth-order valence-corrected chi connectivity index (χ4v) is 2.06. The van der Waals surface area contributed by atoms with Gasteiger partial charge in [-0.1, -0.05) is 0 Å². The first-order valence-electron chi connectivity index (χ1n) is 6.58. The van der Waals surface area contributed by atoms with Gasteiger partial charge in [-0.05, 0) is 13.8 Å². The summed E-state index contributed by atoms with van der Waals surface area (Å²) in [6.45, 7) is 6.37. The molecule has 0 radical (unpaired) electrons. The number of likely N-dealkylation sites (N-methyl/N-ethyl adjacent to an activating group) is 1. The molecule has 0 aliphatic carbocycles. The lowest BCUT2D eigenvalue weighted by Gasteiger charge is -2.26. The summed E-state index contributed by atoms with van der Waals surface area (Å²) in [5.74, 6) is 1.05. The number of hydrogen-bond donors (Lipinski definition) is 2. The van der Waals surface area contributed by atoms with Crippen LogP contribution in [0, 0.1) is 6.92 Å². The van der Waals surface area contributed by atoms with Gasteiger partial charge in [-0.25, -0.2) is 0 Å². The van der Waals surface area contributed by atoms with E-state index in [2.05, 4.69) is 15.3 Å². The Morgan fingerprint density at radius 2 is 2.21 bits per heavy atom. The van der Waals surface area contributed by atoms with Crippen LogP contribution in [0.3, 0.4) is 0 Å². The molecule has 0 aromatic carbocycles.